The van der Waals surface area contributed by atoms with Crippen LogP contribution >= 0.6 is 0 Å². The fraction of sp³-hybridized carbons (Fsp3) is 0.300. The predicted octanol–water partition coefficient (Wildman–Crippen LogP) is 1.31. The van der Waals surface area contributed by atoms with Crippen LogP contribution < -0.4 is 0 Å². The monoisotopic (exact) mass is 205 g/mol. The van der Waals surface area contributed by atoms with Crippen LogP contribution in [0.1, 0.15) is 24.8 Å². The van der Waals surface area contributed by atoms with Gasteiger partial charge in [0, 0.05) is 6.20 Å². The largest absolute Gasteiger partial charge is 0.481 e. The summed E-state index contributed by atoms with van der Waals surface area (Å²) in [5.74, 6) is -0.798. The van der Waals surface area contributed by atoms with Gasteiger partial charge in [-0.2, -0.15) is 5.10 Å². The van der Waals surface area contributed by atoms with Gasteiger partial charge >= 0.3 is 5.97 Å². The number of carboxylic acids is 1. The molecule has 0 radical (unpaired) electrons. The molecule has 2 heterocycles. The van der Waals surface area contributed by atoms with Crippen molar-refractivity contribution in [2.45, 2.75) is 19.3 Å². The molecule has 15 heavy (non-hydrogen) atoms. The summed E-state index contributed by atoms with van der Waals surface area (Å²) in [6.07, 6.45) is 3.39. The van der Waals surface area contributed by atoms with Gasteiger partial charge in [0.25, 0.3) is 0 Å². The number of carbonyl (C=O) groups is 1. The van der Waals surface area contributed by atoms with Crippen molar-refractivity contribution in [2.24, 2.45) is 0 Å². The minimum atomic E-state index is -0.788. The summed E-state index contributed by atoms with van der Waals surface area (Å²) in [4.78, 5) is 14.6. The standard InChI is InChI=1S/C10H11N3O2/c1-7(4-10(14)15)8-2-3-13-9(5-8)11-6-12-13/h2-3,5-7H,4H2,1H3,(H,14,15). The Bertz CT molecular complexity index is 492. The number of carboxylic acid groups (broad SMARTS) is 1. The zero-order chi connectivity index (χ0) is 10.8. The Morgan fingerprint density at radius 3 is 3.20 bits per heavy atom. The van der Waals surface area contributed by atoms with Crippen LogP contribution in [-0.4, -0.2) is 25.7 Å². The summed E-state index contributed by atoms with van der Waals surface area (Å²) < 4.78 is 1.65. The van der Waals surface area contributed by atoms with Crippen molar-refractivity contribution >= 4 is 11.6 Å². The van der Waals surface area contributed by atoms with Crippen molar-refractivity contribution in [3.63, 3.8) is 0 Å². The number of aliphatic carboxylic acids is 1. The molecular formula is C10H11N3O2. The van der Waals surface area contributed by atoms with E-state index in [2.05, 4.69) is 10.1 Å². The van der Waals surface area contributed by atoms with E-state index in [1.54, 1.807) is 10.7 Å². The van der Waals surface area contributed by atoms with Crippen LogP contribution in [-0.2, 0) is 4.79 Å². The van der Waals surface area contributed by atoms with Gasteiger partial charge in [-0.15, -0.1) is 0 Å². The molecule has 1 unspecified atom stereocenters. The number of hydrogen-bond acceptors (Lipinski definition) is 3. The van der Waals surface area contributed by atoms with Crippen LogP contribution in [0.3, 0.4) is 0 Å². The number of hydrogen-bond donors (Lipinski definition) is 1. The third kappa shape index (κ3) is 1.96. The molecule has 0 aliphatic carbocycles. The van der Waals surface area contributed by atoms with E-state index < -0.39 is 5.97 Å². The Morgan fingerprint density at radius 2 is 2.47 bits per heavy atom. The molecule has 0 aliphatic rings. The van der Waals surface area contributed by atoms with Crippen LogP contribution in [0, 0.1) is 0 Å². The average molecular weight is 205 g/mol. The van der Waals surface area contributed by atoms with Gasteiger partial charge in [0.1, 0.15) is 6.33 Å². The third-order valence-corrected chi connectivity index (χ3v) is 2.35. The quantitative estimate of drug-likeness (QED) is 0.820. The van der Waals surface area contributed by atoms with Crippen LogP contribution in [0.25, 0.3) is 5.65 Å². The zero-order valence-electron chi connectivity index (χ0n) is 8.29. The molecule has 0 aliphatic heterocycles. The maximum Gasteiger partial charge on any atom is 0.303 e. The first-order valence-corrected chi connectivity index (χ1v) is 4.68. The Labute approximate surface area is 86.4 Å². The molecule has 0 aromatic carbocycles. The maximum absolute atomic E-state index is 10.6. The lowest BCUT2D eigenvalue weighted by Gasteiger charge is -2.08. The first-order valence-electron chi connectivity index (χ1n) is 4.68. The fourth-order valence-corrected chi connectivity index (χ4v) is 1.52. The molecule has 2 aromatic rings. The molecule has 0 bridgehead atoms. The predicted molar refractivity (Wildman–Crippen MR) is 53.7 cm³/mol. The van der Waals surface area contributed by atoms with Crippen molar-refractivity contribution in [1.82, 2.24) is 14.6 Å². The van der Waals surface area contributed by atoms with Gasteiger partial charge in [-0.3, -0.25) is 4.79 Å². The smallest absolute Gasteiger partial charge is 0.303 e. The molecule has 0 spiro atoms. The first-order chi connectivity index (χ1) is 7.16. The fourth-order valence-electron chi connectivity index (χ4n) is 1.52. The Morgan fingerprint density at radius 1 is 1.67 bits per heavy atom. The Balaban J connectivity index is 2.30. The molecule has 5 heteroatoms. The molecule has 78 valence electrons. The highest BCUT2D eigenvalue weighted by atomic mass is 16.4. The summed E-state index contributed by atoms with van der Waals surface area (Å²) in [5, 5.41) is 12.7. The number of rotatable bonds is 3. The van der Waals surface area contributed by atoms with E-state index >= 15 is 0 Å². The van der Waals surface area contributed by atoms with Gasteiger partial charge in [-0.05, 0) is 23.6 Å². The molecule has 0 amide bonds. The molecule has 5 nitrogen and oxygen atoms in total. The normalized spacial score (nSPS) is 12.9. The highest BCUT2D eigenvalue weighted by Gasteiger charge is 2.10. The molecule has 0 saturated heterocycles. The van der Waals surface area contributed by atoms with Gasteiger partial charge in [-0.25, -0.2) is 9.50 Å². The summed E-state index contributed by atoms with van der Waals surface area (Å²) in [7, 11) is 0. The number of aromatic nitrogens is 3. The van der Waals surface area contributed by atoms with E-state index in [-0.39, 0.29) is 12.3 Å². The van der Waals surface area contributed by atoms with E-state index in [9.17, 15) is 4.79 Å². The lowest BCUT2D eigenvalue weighted by Crippen LogP contribution is -2.03. The molecule has 2 aromatic heterocycles. The number of nitrogens with zero attached hydrogens (tertiary/aromatic N) is 3. The van der Waals surface area contributed by atoms with Crippen LogP contribution in [0.15, 0.2) is 24.7 Å². The molecule has 1 atom stereocenters. The van der Waals surface area contributed by atoms with E-state index in [4.69, 9.17) is 5.11 Å². The van der Waals surface area contributed by atoms with Crippen molar-refractivity contribution in [1.29, 1.82) is 0 Å². The Kier molecular flexibility index (Phi) is 2.37. The highest BCUT2D eigenvalue weighted by Crippen LogP contribution is 2.19. The van der Waals surface area contributed by atoms with E-state index in [0.29, 0.717) is 0 Å². The molecule has 0 fully saturated rings. The topological polar surface area (TPSA) is 67.5 Å². The second-order valence-electron chi connectivity index (χ2n) is 3.52. The second kappa shape index (κ2) is 3.68. The van der Waals surface area contributed by atoms with Crippen molar-refractivity contribution in [3.8, 4) is 0 Å². The minimum Gasteiger partial charge on any atom is -0.481 e. The van der Waals surface area contributed by atoms with E-state index in [1.165, 1.54) is 6.33 Å². The summed E-state index contributed by atoms with van der Waals surface area (Å²) >= 11 is 0. The Hall–Kier alpha value is -1.91. The summed E-state index contributed by atoms with van der Waals surface area (Å²) in [5.41, 5.74) is 1.71. The molecular weight excluding hydrogens is 194 g/mol. The van der Waals surface area contributed by atoms with Gasteiger partial charge in [-0.1, -0.05) is 6.92 Å². The van der Waals surface area contributed by atoms with Gasteiger partial charge < -0.3 is 5.11 Å². The summed E-state index contributed by atoms with van der Waals surface area (Å²) in [6.45, 7) is 1.89. The minimum absolute atomic E-state index is 0.0100. The highest BCUT2D eigenvalue weighted by molar-refractivity contribution is 5.68. The zero-order valence-corrected chi connectivity index (χ0v) is 8.29. The van der Waals surface area contributed by atoms with Crippen molar-refractivity contribution in [2.75, 3.05) is 0 Å². The van der Waals surface area contributed by atoms with E-state index in [1.807, 2.05) is 19.1 Å². The first kappa shape index (κ1) is 9.64. The summed E-state index contributed by atoms with van der Waals surface area (Å²) in [6, 6.07) is 3.73. The van der Waals surface area contributed by atoms with Crippen LogP contribution in [0.5, 0.6) is 0 Å². The molecule has 0 saturated carbocycles. The van der Waals surface area contributed by atoms with Crippen LogP contribution in [0.2, 0.25) is 0 Å². The number of pyridine rings is 1. The molecule has 2 rings (SSSR count). The van der Waals surface area contributed by atoms with Crippen molar-refractivity contribution in [3.05, 3.63) is 30.2 Å². The number of fused-ring (bicyclic) bond motifs is 1. The maximum atomic E-state index is 10.6. The average Bonchev–Trinajstić information content (AvgIpc) is 2.62. The second-order valence-corrected chi connectivity index (χ2v) is 3.52. The SMILES string of the molecule is CC(CC(=O)O)c1ccn2ncnc2c1. The molecule has 1 N–H and O–H groups in total. The lowest BCUT2D eigenvalue weighted by molar-refractivity contribution is -0.137. The third-order valence-electron chi connectivity index (χ3n) is 2.35. The van der Waals surface area contributed by atoms with Crippen molar-refractivity contribution < 1.29 is 9.90 Å². The van der Waals surface area contributed by atoms with Gasteiger partial charge in [0.15, 0.2) is 5.65 Å². The van der Waals surface area contributed by atoms with Gasteiger partial charge in [0.2, 0.25) is 0 Å². The van der Waals surface area contributed by atoms with Gasteiger partial charge in [0.05, 0.1) is 6.42 Å². The van der Waals surface area contributed by atoms with E-state index in [0.717, 1.165) is 11.2 Å². The lowest BCUT2D eigenvalue weighted by atomic mass is 9.99. The van der Waals surface area contributed by atoms with Crippen LogP contribution in [0.4, 0.5) is 0 Å².